The highest BCUT2D eigenvalue weighted by Gasteiger charge is 2.32. The number of aliphatic carboxylic acids is 1. The van der Waals surface area contributed by atoms with Gasteiger partial charge in [0.1, 0.15) is 12.2 Å². The van der Waals surface area contributed by atoms with Crippen LogP contribution in [0.5, 0.6) is 0 Å². The van der Waals surface area contributed by atoms with E-state index in [1.165, 1.54) is 0 Å². The average molecular weight is 410 g/mol. The van der Waals surface area contributed by atoms with E-state index in [2.05, 4.69) is 0 Å². The Morgan fingerprint density at radius 1 is 0.933 bits per heavy atom. The molecule has 1 atom stereocenters. The number of hydrogen-bond donors (Lipinski definition) is 1. The lowest BCUT2D eigenvalue weighted by atomic mass is 9.98. The van der Waals surface area contributed by atoms with E-state index in [1.54, 1.807) is 20.8 Å². The van der Waals surface area contributed by atoms with Crippen molar-refractivity contribution in [3.05, 3.63) is 59.7 Å². The summed E-state index contributed by atoms with van der Waals surface area (Å²) in [5.74, 6) is -3.68. The highest BCUT2D eigenvalue weighted by Crippen LogP contribution is 2.44. The molecule has 6 nitrogen and oxygen atoms in total. The second-order valence-electron chi connectivity index (χ2n) is 8.44. The number of carbonyl (C=O) groups excluding carboxylic acids is 2. The Bertz CT molecular complexity index is 911. The van der Waals surface area contributed by atoms with Gasteiger partial charge in [0.15, 0.2) is 0 Å². The number of fused-ring (bicyclic) bond motifs is 3. The third-order valence-electron chi connectivity index (χ3n) is 4.95. The Morgan fingerprint density at radius 2 is 1.47 bits per heavy atom. The molecular formula is C24H26O6. The van der Waals surface area contributed by atoms with Crippen molar-refractivity contribution in [3.63, 3.8) is 0 Å². The van der Waals surface area contributed by atoms with E-state index in [4.69, 9.17) is 14.6 Å². The van der Waals surface area contributed by atoms with E-state index in [0.29, 0.717) is 0 Å². The summed E-state index contributed by atoms with van der Waals surface area (Å²) in [6, 6.07) is 16.0. The predicted molar refractivity (Wildman–Crippen MR) is 111 cm³/mol. The van der Waals surface area contributed by atoms with Crippen molar-refractivity contribution in [2.75, 3.05) is 6.61 Å². The minimum Gasteiger partial charge on any atom is -0.481 e. The SMILES string of the molecule is CC(C)(C)OC(=O)[C@H](CC(=O)O)CC(=O)OCC1c2ccccc2-c2ccccc21. The van der Waals surface area contributed by atoms with Crippen LogP contribution in [-0.4, -0.2) is 35.2 Å². The molecule has 2 aromatic rings. The molecule has 1 N–H and O–H groups in total. The molecule has 0 bridgehead atoms. The van der Waals surface area contributed by atoms with Gasteiger partial charge in [-0.1, -0.05) is 48.5 Å². The number of benzene rings is 2. The van der Waals surface area contributed by atoms with E-state index in [-0.39, 0.29) is 18.9 Å². The lowest BCUT2D eigenvalue weighted by molar-refractivity contribution is -0.166. The van der Waals surface area contributed by atoms with Crippen LogP contribution in [0.4, 0.5) is 0 Å². The normalized spacial score (nSPS) is 13.8. The van der Waals surface area contributed by atoms with Gasteiger partial charge in [0.2, 0.25) is 0 Å². The van der Waals surface area contributed by atoms with Gasteiger partial charge in [-0.25, -0.2) is 0 Å². The van der Waals surface area contributed by atoms with E-state index in [9.17, 15) is 14.4 Å². The zero-order chi connectivity index (χ0) is 21.9. The first-order valence-corrected chi connectivity index (χ1v) is 9.94. The summed E-state index contributed by atoms with van der Waals surface area (Å²) in [5.41, 5.74) is 3.63. The monoisotopic (exact) mass is 410 g/mol. The number of carboxylic acid groups (broad SMARTS) is 1. The van der Waals surface area contributed by atoms with E-state index in [1.807, 2.05) is 48.5 Å². The first-order chi connectivity index (χ1) is 14.2. The quantitative estimate of drug-likeness (QED) is 0.689. The van der Waals surface area contributed by atoms with Crippen molar-refractivity contribution in [1.29, 1.82) is 0 Å². The second kappa shape index (κ2) is 8.69. The minimum absolute atomic E-state index is 0.0965. The van der Waals surface area contributed by atoms with Crippen LogP contribution in [0.3, 0.4) is 0 Å². The van der Waals surface area contributed by atoms with Gasteiger partial charge in [-0.15, -0.1) is 0 Å². The van der Waals surface area contributed by atoms with Crippen molar-refractivity contribution in [2.45, 2.75) is 45.1 Å². The Balaban J connectivity index is 1.68. The number of rotatable bonds is 7. The number of esters is 2. The minimum atomic E-state index is -1.17. The van der Waals surface area contributed by atoms with Crippen molar-refractivity contribution >= 4 is 17.9 Å². The highest BCUT2D eigenvalue weighted by molar-refractivity contribution is 5.84. The molecule has 0 radical (unpaired) electrons. The Kier molecular flexibility index (Phi) is 6.25. The molecule has 0 fully saturated rings. The van der Waals surface area contributed by atoms with Crippen molar-refractivity contribution in [3.8, 4) is 11.1 Å². The van der Waals surface area contributed by atoms with Gasteiger partial charge in [-0.3, -0.25) is 14.4 Å². The molecule has 1 aliphatic rings. The fourth-order valence-electron chi connectivity index (χ4n) is 3.71. The molecule has 0 aromatic heterocycles. The number of carbonyl (C=O) groups is 3. The molecule has 6 heteroatoms. The van der Waals surface area contributed by atoms with Gasteiger partial charge < -0.3 is 14.6 Å². The number of hydrogen-bond acceptors (Lipinski definition) is 5. The second-order valence-corrected chi connectivity index (χ2v) is 8.44. The average Bonchev–Trinajstić information content (AvgIpc) is 2.98. The van der Waals surface area contributed by atoms with E-state index in [0.717, 1.165) is 22.3 Å². The van der Waals surface area contributed by atoms with E-state index >= 15 is 0 Å². The van der Waals surface area contributed by atoms with Crippen molar-refractivity contribution in [1.82, 2.24) is 0 Å². The molecule has 0 heterocycles. The fraction of sp³-hybridized carbons (Fsp3) is 0.375. The molecule has 3 rings (SSSR count). The van der Waals surface area contributed by atoms with Crippen molar-refractivity contribution in [2.24, 2.45) is 5.92 Å². The van der Waals surface area contributed by atoms with E-state index < -0.39 is 35.8 Å². The maximum absolute atomic E-state index is 12.5. The van der Waals surface area contributed by atoms with Crippen LogP contribution in [0, 0.1) is 5.92 Å². The zero-order valence-corrected chi connectivity index (χ0v) is 17.4. The fourth-order valence-corrected chi connectivity index (χ4v) is 3.71. The molecule has 2 aromatic carbocycles. The standard InChI is InChI=1S/C24H26O6/c1-24(2,3)30-23(28)15(12-21(25)26)13-22(27)29-14-20-18-10-6-4-8-16(18)17-9-5-7-11-19(17)20/h4-11,15,20H,12-14H2,1-3H3,(H,25,26)/t15-/m1/s1. The van der Waals surface area contributed by atoms with Crippen LogP contribution >= 0.6 is 0 Å². The molecule has 158 valence electrons. The first-order valence-electron chi connectivity index (χ1n) is 9.94. The zero-order valence-electron chi connectivity index (χ0n) is 17.4. The van der Waals surface area contributed by atoms with Gasteiger partial charge in [0.25, 0.3) is 0 Å². The molecule has 0 saturated heterocycles. The summed E-state index contributed by atoms with van der Waals surface area (Å²) in [5, 5.41) is 9.11. The summed E-state index contributed by atoms with van der Waals surface area (Å²) in [6.07, 6.45) is -0.823. The summed E-state index contributed by atoms with van der Waals surface area (Å²) >= 11 is 0. The molecule has 0 spiro atoms. The van der Waals surface area contributed by atoms with Crippen LogP contribution in [0.2, 0.25) is 0 Å². The molecular weight excluding hydrogens is 384 g/mol. The van der Waals surface area contributed by atoms with Gasteiger partial charge in [-0.2, -0.15) is 0 Å². The first kappa shape index (κ1) is 21.6. The van der Waals surface area contributed by atoms with Crippen LogP contribution in [0.15, 0.2) is 48.5 Å². The molecule has 0 unspecified atom stereocenters. The maximum Gasteiger partial charge on any atom is 0.310 e. The van der Waals surface area contributed by atoms with Crippen LogP contribution in [0.25, 0.3) is 11.1 Å². The highest BCUT2D eigenvalue weighted by atomic mass is 16.6. The molecule has 1 aliphatic carbocycles. The third-order valence-corrected chi connectivity index (χ3v) is 4.95. The number of carboxylic acids is 1. The van der Waals surface area contributed by atoms with Gasteiger partial charge in [-0.05, 0) is 43.0 Å². The summed E-state index contributed by atoms with van der Waals surface area (Å²) < 4.78 is 10.8. The third kappa shape index (κ3) is 5.06. The summed E-state index contributed by atoms with van der Waals surface area (Å²) in [4.78, 5) is 35.9. The smallest absolute Gasteiger partial charge is 0.310 e. The molecule has 0 saturated carbocycles. The molecule has 30 heavy (non-hydrogen) atoms. The van der Waals surface area contributed by atoms with Gasteiger partial charge >= 0.3 is 17.9 Å². The Hall–Kier alpha value is -3.15. The largest absolute Gasteiger partial charge is 0.481 e. The van der Waals surface area contributed by atoms with Crippen molar-refractivity contribution < 1.29 is 29.0 Å². The Labute approximate surface area is 175 Å². The topological polar surface area (TPSA) is 89.9 Å². The summed E-state index contributed by atoms with van der Waals surface area (Å²) in [7, 11) is 0. The lowest BCUT2D eigenvalue weighted by Gasteiger charge is -2.23. The molecule has 0 amide bonds. The van der Waals surface area contributed by atoms with Crippen LogP contribution < -0.4 is 0 Å². The maximum atomic E-state index is 12.5. The van der Waals surface area contributed by atoms with Crippen LogP contribution in [-0.2, 0) is 23.9 Å². The van der Waals surface area contributed by atoms with Crippen LogP contribution in [0.1, 0.15) is 50.7 Å². The molecule has 0 aliphatic heterocycles. The predicted octanol–water partition coefficient (Wildman–Crippen LogP) is 4.16. The summed E-state index contributed by atoms with van der Waals surface area (Å²) in [6.45, 7) is 5.20. The van der Waals surface area contributed by atoms with Gasteiger partial charge in [0.05, 0.1) is 18.8 Å². The number of ether oxygens (including phenoxy) is 2. The lowest BCUT2D eigenvalue weighted by Crippen LogP contribution is -2.31. The Morgan fingerprint density at radius 3 is 1.97 bits per heavy atom. The van der Waals surface area contributed by atoms with Gasteiger partial charge in [0, 0.05) is 5.92 Å².